The van der Waals surface area contributed by atoms with Crippen LogP contribution in [0, 0.1) is 11.8 Å². The molecule has 2 aliphatic carbocycles. The predicted molar refractivity (Wildman–Crippen MR) is 90.1 cm³/mol. The van der Waals surface area contributed by atoms with Crippen molar-refractivity contribution in [1.29, 1.82) is 0 Å². The van der Waals surface area contributed by atoms with Gasteiger partial charge in [-0.25, -0.2) is 4.79 Å². The van der Waals surface area contributed by atoms with E-state index >= 15 is 0 Å². The first-order valence-electron chi connectivity index (χ1n) is 9.36. The molecule has 0 unspecified atom stereocenters. The Hall–Kier alpha value is -1.90. The minimum atomic E-state index is -5.08. The molecule has 1 saturated heterocycles. The average molecular weight is 387 g/mol. The van der Waals surface area contributed by atoms with Crippen LogP contribution in [0.15, 0.2) is 16.7 Å². The van der Waals surface area contributed by atoms with Crippen molar-refractivity contribution in [3.8, 4) is 0 Å². The number of hydrogen-bond donors (Lipinski definition) is 1. The summed E-state index contributed by atoms with van der Waals surface area (Å²) in [6.45, 7) is 3.73. The number of likely N-dealkylation sites (tertiary alicyclic amines) is 1. The normalized spacial score (nSPS) is 27.0. The van der Waals surface area contributed by atoms with Crippen LogP contribution in [0.5, 0.6) is 0 Å². The fraction of sp³-hybridized carbons (Fsp3) is 0.722. The minimum absolute atomic E-state index is 0.491. The number of alkyl halides is 3. The molecule has 0 radical (unpaired) electrons. The first kappa shape index (κ1) is 19.9. The molecule has 2 heterocycles. The molecule has 27 heavy (non-hydrogen) atoms. The van der Waals surface area contributed by atoms with Crippen LogP contribution in [-0.4, -0.2) is 51.9 Å². The second kappa shape index (κ2) is 8.41. The molecular formula is C18H24F3N3O3. The molecular weight excluding hydrogens is 363 g/mol. The fourth-order valence-corrected chi connectivity index (χ4v) is 4.05. The van der Waals surface area contributed by atoms with Gasteiger partial charge in [-0.15, -0.1) is 0 Å². The third-order valence-corrected chi connectivity index (χ3v) is 5.40. The molecule has 2 fully saturated rings. The lowest BCUT2D eigenvalue weighted by molar-refractivity contribution is -0.192. The van der Waals surface area contributed by atoms with Crippen LogP contribution in [0.1, 0.15) is 49.7 Å². The first-order chi connectivity index (χ1) is 12.8. The van der Waals surface area contributed by atoms with Crippen molar-refractivity contribution in [2.75, 3.05) is 19.6 Å². The molecule has 0 spiro atoms. The Kier molecular flexibility index (Phi) is 6.18. The van der Waals surface area contributed by atoms with Crippen molar-refractivity contribution in [3.05, 3.63) is 23.9 Å². The fourth-order valence-electron chi connectivity index (χ4n) is 4.05. The van der Waals surface area contributed by atoms with Crippen molar-refractivity contribution >= 4 is 5.97 Å². The SMILES string of the molecule is C1=C[C@H]2C[C@@H]1C[C@H]2c1nc(CCCN2CCCC2)no1.O=C(O)C(F)(F)F. The summed E-state index contributed by atoms with van der Waals surface area (Å²) in [6.07, 6.45) is 6.94. The zero-order valence-electron chi connectivity index (χ0n) is 15.0. The number of aryl methyl sites for hydroxylation is 1. The Morgan fingerprint density at radius 3 is 2.52 bits per heavy atom. The molecule has 2 bridgehead atoms. The lowest BCUT2D eigenvalue weighted by atomic mass is 9.94. The van der Waals surface area contributed by atoms with Gasteiger partial charge in [0.15, 0.2) is 5.82 Å². The number of fused-ring (bicyclic) bond motifs is 2. The van der Waals surface area contributed by atoms with Crippen LogP contribution >= 0.6 is 0 Å². The van der Waals surface area contributed by atoms with Gasteiger partial charge in [0.05, 0.1) is 0 Å². The summed E-state index contributed by atoms with van der Waals surface area (Å²) in [4.78, 5) is 16.1. The van der Waals surface area contributed by atoms with E-state index in [0.717, 1.165) is 30.5 Å². The number of nitrogens with zero attached hydrogens (tertiary/aromatic N) is 3. The summed E-state index contributed by atoms with van der Waals surface area (Å²) >= 11 is 0. The van der Waals surface area contributed by atoms with Crippen LogP contribution in [-0.2, 0) is 11.2 Å². The number of aliphatic carboxylic acids is 1. The van der Waals surface area contributed by atoms with Crippen LogP contribution in [0.4, 0.5) is 13.2 Å². The van der Waals surface area contributed by atoms with Crippen LogP contribution in [0.25, 0.3) is 0 Å². The molecule has 0 amide bonds. The number of allylic oxidation sites excluding steroid dienone is 2. The average Bonchev–Trinajstić information content (AvgIpc) is 3.39. The molecule has 1 saturated carbocycles. The van der Waals surface area contributed by atoms with Crippen molar-refractivity contribution in [2.45, 2.75) is 50.6 Å². The molecule has 150 valence electrons. The van der Waals surface area contributed by atoms with E-state index in [4.69, 9.17) is 14.4 Å². The first-order valence-corrected chi connectivity index (χ1v) is 9.36. The van der Waals surface area contributed by atoms with E-state index in [2.05, 4.69) is 27.2 Å². The number of carboxylic acid groups (broad SMARTS) is 1. The lowest BCUT2D eigenvalue weighted by Gasteiger charge is -2.13. The van der Waals surface area contributed by atoms with E-state index < -0.39 is 12.1 Å². The maximum atomic E-state index is 10.6. The quantitative estimate of drug-likeness (QED) is 0.780. The van der Waals surface area contributed by atoms with Crippen LogP contribution < -0.4 is 0 Å². The molecule has 9 heteroatoms. The van der Waals surface area contributed by atoms with E-state index in [0.29, 0.717) is 11.8 Å². The predicted octanol–water partition coefficient (Wildman–Crippen LogP) is 3.41. The molecule has 1 aromatic rings. The van der Waals surface area contributed by atoms with Gasteiger partial charge in [0, 0.05) is 12.3 Å². The van der Waals surface area contributed by atoms with Gasteiger partial charge >= 0.3 is 12.1 Å². The zero-order chi connectivity index (χ0) is 19.4. The summed E-state index contributed by atoms with van der Waals surface area (Å²) in [7, 11) is 0. The highest BCUT2D eigenvalue weighted by atomic mass is 19.4. The molecule has 1 aromatic heterocycles. The van der Waals surface area contributed by atoms with Crippen molar-refractivity contribution < 1.29 is 27.6 Å². The van der Waals surface area contributed by atoms with E-state index in [-0.39, 0.29) is 0 Å². The van der Waals surface area contributed by atoms with Crippen LogP contribution in [0.2, 0.25) is 0 Å². The highest BCUT2D eigenvalue weighted by molar-refractivity contribution is 5.73. The van der Waals surface area contributed by atoms with Gasteiger partial charge in [-0.3, -0.25) is 0 Å². The number of carbonyl (C=O) groups is 1. The third-order valence-electron chi connectivity index (χ3n) is 5.40. The zero-order valence-corrected chi connectivity index (χ0v) is 15.0. The van der Waals surface area contributed by atoms with E-state index in [1.54, 1.807) is 0 Å². The second-order valence-electron chi connectivity index (χ2n) is 7.39. The van der Waals surface area contributed by atoms with Crippen molar-refractivity contribution in [2.24, 2.45) is 11.8 Å². The van der Waals surface area contributed by atoms with Gasteiger partial charge in [-0.1, -0.05) is 17.3 Å². The number of aromatic nitrogens is 2. The van der Waals surface area contributed by atoms with Crippen molar-refractivity contribution in [1.82, 2.24) is 15.0 Å². The maximum Gasteiger partial charge on any atom is 0.490 e. The van der Waals surface area contributed by atoms with Gasteiger partial charge in [0.1, 0.15) is 0 Å². The Balaban J connectivity index is 0.000000260. The number of carboxylic acids is 1. The maximum absolute atomic E-state index is 10.6. The van der Waals surface area contributed by atoms with Gasteiger partial charge in [-0.2, -0.15) is 18.2 Å². The topological polar surface area (TPSA) is 79.5 Å². The Bertz CT molecular complexity index is 668. The van der Waals surface area contributed by atoms with Gasteiger partial charge in [-0.05, 0) is 63.6 Å². The van der Waals surface area contributed by atoms with Gasteiger partial charge in [0.2, 0.25) is 5.89 Å². The smallest absolute Gasteiger partial charge is 0.475 e. The lowest BCUT2D eigenvalue weighted by Crippen LogP contribution is -2.21. The van der Waals surface area contributed by atoms with Gasteiger partial charge in [0.25, 0.3) is 0 Å². The summed E-state index contributed by atoms with van der Waals surface area (Å²) in [5, 5.41) is 11.3. The number of halogens is 3. The Morgan fingerprint density at radius 2 is 1.96 bits per heavy atom. The Morgan fingerprint density at radius 1 is 1.26 bits per heavy atom. The number of hydrogen-bond acceptors (Lipinski definition) is 5. The Labute approximate surface area is 155 Å². The largest absolute Gasteiger partial charge is 0.490 e. The monoisotopic (exact) mass is 387 g/mol. The molecule has 3 atom stereocenters. The van der Waals surface area contributed by atoms with Crippen molar-refractivity contribution in [3.63, 3.8) is 0 Å². The molecule has 4 rings (SSSR count). The summed E-state index contributed by atoms with van der Waals surface area (Å²) < 4.78 is 37.3. The molecule has 1 N–H and O–H groups in total. The van der Waals surface area contributed by atoms with E-state index in [1.165, 1.54) is 45.3 Å². The highest BCUT2D eigenvalue weighted by Crippen LogP contribution is 2.48. The second-order valence-corrected chi connectivity index (χ2v) is 7.39. The summed E-state index contributed by atoms with van der Waals surface area (Å²) in [5.41, 5.74) is 0. The third kappa shape index (κ3) is 5.31. The molecule has 1 aliphatic heterocycles. The van der Waals surface area contributed by atoms with Gasteiger partial charge < -0.3 is 14.5 Å². The highest BCUT2D eigenvalue weighted by Gasteiger charge is 2.39. The summed E-state index contributed by atoms with van der Waals surface area (Å²) in [6, 6.07) is 0. The number of rotatable bonds is 5. The molecule has 3 aliphatic rings. The molecule has 6 nitrogen and oxygen atoms in total. The van der Waals surface area contributed by atoms with Crippen LogP contribution in [0.3, 0.4) is 0 Å². The molecule has 0 aromatic carbocycles. The standard InChI is InChI=1S/C16H23N3O.C2HF3O2/c1-2-8-19(7-1)9-3-4-15-17-16(20-18-15)14-11-12-5-6-13(14)10-12;3-2(4,5)1(6)7/h5-6,12-14H,1-4,7-11H2;(H,6,7)/t12-,13+,14-;/m1./s1. The summed E-state index contributed by atoms with van der Waals surface area (Å²) in [5.74, 6) is 0.940. The minimum Gasteiger partial charge on any atom is -0.475 e. The van der Waals surface area contributed by atoms with E-state index in [9.17, 15) is 13.2 Å². The van der Waals surface area contributed by atoms with E-state index in [1.807, 2.05) is 0 Å².